The molecule has 0 saturated heterocycles. The van der Waals surface area contributed by atoms with Crippen LogP contribution in [0.5, 0.6) is 5.75 Å². The summed E-state index contributed by atoms with van der Waals surface area (Å²) in [7, 11) is -2.60. The first-order valence-electron chi connectivity index (χ1n) is 11.5. The molecule has 0 heterocycles. The molecule has 7 heteroatoms. The monoisotopic (exact) mass is 478 g/mol. The Labute approximate surface area is 201 Å². The van der Waals surface area contributed by atoms with Gasteiger partial charge >= 0.3 is 0 Å². The first-order chi connectivity index (χ1) is 16.4. The summed E-state index contributed by atoms with van der Waals surface area (Å²) in [5.74, 6) is -0.112. The third kappa shape index (κ3) is 5.48. The Bertz CT molecular complexity index is 1260. The molecule has 1 aliphatic carbocycles. The molecule has 178 valence electrons. The molecule has 0 bridgehead atoms. The van der Waals surface area contributed by atoms with Crippen molar-refractivity contribution in [2.75, 3.05) is 7.11 Å². The van der Waals surface area contributed by atoms with Crippen LogP contribution in [0.1, 0.15) is 41.1 Å². The largest absolute Gasteiger partial charge is 0.495 e. The van der Waals surface area contributed by atoms with Crippen LogP contribution in [0.15, 0.2) is 77.7 Å². The van der Waals surface area contributed by atoms with Gasteiger partial charge in [-0.25, -0.2) is 8.42 Å². The number of methoxy groups -OCH3 is 1. The van der Waals surface area contributed by atoms with Gasteiger partial charge in [-0.05, 0) is 67.0 Å². The molecular formula is C27H30N2O4S. The van der Waals surface area contributed by atoms with Crippen LogP contribution in [0.25, 0.3) is 0 Å². The minimum Gasteiger partial charge on any atom is -0.495 e. The maximum atomic E-state index is 13.5. The molecule has 1 aliphatic rings. The summed E-state index contributed by atoms with van der Waals surface area (Å²) in [6, 6.07) is 21.3. The van der Waals surface area contributed by atoms with E-state index in [0.29, 0.717) is 0 Å². The van der Waals surface area contributed by atoms with E-state index in [1.165, 1.54) is 12.7 Å². The highest BCUT2D eigenvalue weighted by Crippen LogP contribution is 2.30. The van der Waals surface area contributed by atoms with E-state index < -0.39 is 16.1 Å². The Kier molecular flexibility index (Phi) is 7.34. The van der Waals surface area contributed by atoms with Gasteiger partial charge in [-0.15, -0.1) is 0 Å². The van der Waals surface area contributed by atoms with Gasteiger partial charge in [0.1, 0.15) is 16.7 Å². The summed E-state index contributed by atoms with van der Waals surface area (Å²) < 4.78 is 34.7. The number of hydrogen-bond donors (Lipinski definition) is 2. The van der Waals surface area contributed by atoms with Crippen LogP contribution in [0.3, 0.4) is 0 Å². The zero-order valence-corrected chi connectivity index (χ0v) is 20.3. The van der Waals surface area contributed by atoms with Crippen molar-refractivity contribution in [3.05, 3.63) is 95.1 Å². The van der Waals surface area contributed by atoms with Gasteiger partial charge in [-0.3, -0.25) is 4.79 Å². The molecule has 4 rings (SSSR count). The van der Waals surface area contributed by atoms with Gasteiger partial charge in [-0.2, -0.15) is 4.72 Å². The number of fused-ring (bicyclic) bond motifs is 1. The molecule has 2 N–H and O–H groups in total. The summed E-state index contributed by atoms with van der Waals surface area (Å²) in [5.41, 5.74) is 3.97. The Morgan fingerprint density at radius 3 is 2.56 bits per heavy atom. The Balaban J connectivity index is 1.62. The number of ether oxygens (including phenoxy) is 1. The topological polar surface area (TPSA) is 84.5 Å². The first kappa shape index (κ1) is 24.0. The predicted octanol–water partition coefficient (Wildman–Crippen LogP) is 4.09. The van der Waals surface area contributed by atoms with E-state index in [9.17, 15) is 13.2 Å². The molecular weight excluding hydrogens is 448 g/mol. The maximum absolute atomic E-state index is 13.5. The van der Waals surface area contributed by atoms with Crippen molar-refractivity contribution in [1.29, 1.82) is 0 Å². The lowest BCUT2D eigenvalue weighted by Crippen LogP contribution is -2.49. The highest BCUT2D eigenvalue weighted by molar-refractivity contribution is 7.89. The molecule has 3 aromatic rings. The van der Waals surface area contributed by atoms with Gasteiger partial charge in [0.05, 0.1) is 13.2 Å². The number of amides is 1. The Morgan fingerprint density at radius 1 is 1.06 bits per heavy atom. The van der Waals surface area contributed by atoms with E-state index in [4.69, 9.17) is 4.74 Å². The summed E-state index contributed by atoms with van der Waals surface area (Å²) in [4.78, 5) is 13.5. The first-order valence-corrected chi connectivity index (χ1v) is 12.9. The number of carbonyl (C=O) groups excluding carboxylic acids is 1. The summed E-state index contributed by atoms with van der Waals surface area (Å²) >= 11 is 0. The molecule has 0 fully saturated rings. The molecule has 0 aliphatic heterocycles. The molecule has 6 nitrogen and oxygen atoms in total. The highest BCUT2D eigenvalue weighted by Gasteiger charge is 2.30. The van der Waals surface area contributed by atoms with Crippen LogP contribution in [0.2, 0.25) is 0 Å². The lowest BCUT2D eigenvalue weighted by molar-refractivity contribution is -0.123. The van der Waals surface area contributed by atoms with Crippen molar-refractivity contribution >= 4 is 15.9 Å². The summed E-state index contributed by atoms with van der Waals surface area (Å²) in [6.45, 7) is 1.81. The van der Waals surface area contributed by atoms with Crippen LogP contribution >= 0.6 is 0 Å². The van der Waals surface area contributed by atoms with Crippen molar-refractivity contribution in [2.24, 2.45) is 0 Å². The highest BCUT2D eigenvalue weighted by atomic mass is 32.2. The number of carbonyl (C=O) groups is 1. The molecule has 0 radical (unpaired) electrons. The number of aryl methyl sites for hydroxylation is 2. The number of sulfonamides is 1. The van der Waals surface area contributed by atoms with Gasteiger partial charge in [0.15, 0.2) is 0 Å². The Hall–Kier alpha value is -3.16. The zero-order chi connectivity index (χ0) is 24.1. The normalized spacial score (nSPS) is 16.4. The molecule has 0 saturated carbocycles. The molecule has 0 unspecified atom stereocenters. The van der Waals surface area contributed by atoms with E-state index in [1.54, 1.807) is 18.2 Å². The van der Waals surface area contributed by atoms with Crippen LogP contribution in [-0.4, -0.2) is 27.5 Å². The van der Waals surface area contributed by atoms with Crippen LogP contribution in [-0.2, 0) is 27.7 Å². The molecule has 34 heavy (non-hydrogen) atoms. The summed E-state index contributed by atoms with van der Waals surface area (Å²) in [6.07, 6.45) is 3.00. The van der Waals surface area contributed by atoms with Crippen molar-refractivity contribution in [2.45, 2.75) is 49.6 Å². The van der Waals surface area contributed by atoms with Crippen molar-refractivity contribution in [3.63, 3.8) is 0 Å². The minimum absolute atomic E-state index is 0.0175. The SMILES string of the molecule is COc1ccc(C)cc1S(=O)(=O)N[C@H](Cc1ccccc1)C(=O)N[C@@H]1CCCc2ccccc21. The molecule has 2 atom stereocenters. The van der Waals surface area contributed by atoms with Crippen LogP contribution < -0.4 is 14.8 Å². The second-order valence-corrected chi connectivity index (χ2v) is 10.4. The lowest BCUT2D eigenvalue weighted by Gasteiger charge is -2.28. The fourth-order valence-corrected chi connectivity index (χ4v) is 5.91. The number of benzene rings is 3. The van der Waals surface area contributed by atoms with E-state index in [-0.39, 0.29) is 29.0 Å². The maximum Gasteiger partial charge on any atom is 0.244 e. The van der Waals surface area contributed by atoms with Crippen molar-refractivity contribution < 1.29 is 17.9 Å². The van der Waals surface area contributed by atoms with Gasteiger partial charge in [0.25, 0.3) is 0 Å². The third-order valence-corrected chi connectivity index (χ3v) is 7.68. The predicted molar refractivity (Wildman–Crippen MR) is 132 cm³/mol. The molecule has 3 aromatic carbocycles. The fourth-order valence-electron chi connectivity index (χ4n) is 4.46. The molecule has 0 aromatic heterocycles. The number of hydrogen-bond acceptors (Lipinski definition) is 4. The smallest absolute Gasteiger partial charge is 0.244 e. The second kappa shape index (κ2) is 10.4. The van der Waals surface area contributed by atoms with E-state index in [0.717, 1.165) is 36.0 Å². The average Bonchev–Trinajstić information content (AvgIpc) is 2.84. The summed E-state index contributed by atoms with van der Waals surface area (Å²) in [5, 5.41) is 3.11. The van der Waals surface area contributed by atoms with Crippen LogP contribution in [0, 0.1) is 6.92 Å². The van der Waals surface area contributed by atoms with E-state index >= 15 is 0 Å². The van der Waals surface area contributed by atoms with Gasteiger partial charge in [0.2, 0.25) is 15.9 Å². The van der Waals surface area contributed by atoms with Crippen molar-refractivity contribution in [3.8, 4) is 5.75 Å². The van der Waals surface area contributed by atoms with E-state index in [1.807, 2.05) is 55.5 Å². The average molecular weight is 479 g/mol. The minimum atomic E-state index is -4.03. The number of rotatable bonds is 8. The second-order valence-electron chi connectivity index (χ2n) is 8.67. The molecule has 1 amide bonds. The van der Waals surface area contributed by atoms with Gasteiger partial charge in [0, 0.05) is 0 Å². The standard InChI is InChI=1S/C27H30N2O4S/c1-19-15-16-25(33-2)26(17-19)34(31,32)29-24(18-20-9-4-3-5-10-20)27(30)28-23-14-8-12-21-11-6-7-13-22(21)23/h3-7,9-11,13,15-17,23-24,29H,8,12,14,18H2,1-2H3,(H,28,30)/t23-,24-/m1/s1. The number of nitrogens with one attached hydrogen (secondary N) is 2. The van der Waals surface area contributed by atoms with Gasteiger partial charge < -0.3 is 10.1 Å². The molecule has 0 spiro atoms. The Morgan fingerprint density at radius 2 is 1.79 bits per heavy atom. The lowest BCUT2D eigenvalue weighted by atomic mass is 9.87. The van der Waals surface area contributed by atoms with Gasteiger partial charge in [-0.1, -0.05) is 60.7 Å². The zero-order valence-electron chi connectivity index (χ0n) is 19.5. The van der Waals surface area contributed by atoms with Crippen molar-refractivity contribution in [1.82, 2.24) is 10.0 Å². The third-order valence-electron chi connectivity index (χ3n) is 6.19. The quantitative estimate of drug-likeness (QED) is 0.511. The van der Waals surface area contributed by atoms with E-state index in [2.05, 4.69) is 16.1 Å². The van der Waals surface area contributed by atoms with Crippen LogP contribution in [0.4, 0.5) is 0 Å². The fraction of sp³-hybridized carbons (Fsp3) is 0.296.